The lowest BCUT2D eigenvalue weighted by Gasteiger charge is -2.17. The summed E-state index contributed by atoms with van der Waals surface area (Å²) >= 11 is 0. The lowest BCUT2D eigenvalue weighted by molar-refractivity contribution is -0.139. The average molecular weight is 468 g/mol. The fraction of sp³-hybridized carbons (Fsp3) is 0.143. The van der Waals surface area contributed by atoms with E-state index in [9.17, 15) is 19.5 Å². The molecule has 1 heterocycles. The summed E-state index contributed by atoms with van der Waals surface area (Å²) in [5.74, 6) is -1.80. The molecule has 3 aromatic carbocycles. The molecule has 4 aromatic rings. The van der Waals surface area contributed by atoms with E-state index < -0.39 is 17.9 Å². The minimum Gasteiger partial charge on any atom is -0.480 e. The number of pyridine rings is 1. The highest BCUT2D eigenvalue weighted by Gasteiger charge is 2.23. The van der Waals surface area contributed by atoms with Crippen molar-refractivity contribution in [3.05, 3.63) is 107 Å². The van der Waals surface area contributed by atoms with E-state index >= 15 is 0 Å². The Labute approximate surface area is 202 Å². The largest absolute Gasteiger partial charge is 0.480 e. The summed E-state index contributed by atoms with van der Waals surface area (Å²) in [6.07, 6.45) is 1.70. The van der Waals surface area contributed by atoms with Gasteiger partial charge < -0.3 is 15.7 Å². The zero-order valence-corrected chi connectivity index (χ0v) is 19.4. The number of nitrogens with zero attached hydrogens (tertiary/aromatic N) is 1. The van der Waals surface area contributed by atoms with Crippen LogP contribution in [-0.4, -0.2) is 33.9 Å². The number of carboxylic acid groups (broad SMARTS) is 1. The number of carbonyl (C=O) groups excluding carboxylic acids is 2. The number of rotatable bonds is 7. The van der Waals surface area contributed by atoms with Gasteiger partial charge in [0, 0.05) is 29.3 Å². The number of amides is 2. The van der Waals surface area contributed by atoms with Crippen molar-refractivity contribution in [3.63, 3.8) is 0 Å². The Morgan fingerprint density at radius 2 is 1.54 bits per heavy atom. The summed E-state index contributed by atoms with van der Waals surface area (Å²) in [5.41, 5.74) is 4.60. The lowest BCUT2D eigenvalue weighted by atomic mass is 10.0. The van der Waals surface area contributed by atoms with E-state index in [1.165, 1.54) is 0 Å². The normalized spacial score (nSPS) is 11.6. The van der Waals surface area contributed by atoms with E-state index in [0.29, 0.717) is 22.4 Å². The predicted octanol–water partition coefficient (Wildman–Crippen LogP) is 4.53. The number of nitrogens with one attached hydrogen (secondary N) is 2. The molecular formula is C28H25N3O4. The third-order valence-electron chi connectivity index (χ3n) is 5.86. The molecule has 35 heavy (non-hydrogen) atoms. The third kappa shape index (κ3) is 5.35. The predicted molar refractivity (Wildman–Crippen MR) is 135 cm³/mol. The molecule has 0 saturated heterocycles. The van der Waals surface area contributed by atoms with Crippen molar-refractivity contribution in [2.45, 2.75) is 26.3 Å². The number of para-hydroxylation sites is 1. The molecule has 0 aliphatic rings. The van der Waals surface area contributed by atoms with Gasteiger partial charge in [-0.05, 0) is 54.8 Å². The molecule has 0 saturated carbocycles. The Hall–Kier alpha value is -4.52. The van der Waals surface area contributed by atoms with Gasteiger partial charge >= 0.3 is 5.97 Å². The summed E-state index contributed by atoms with van der Waals surface area (Å²) in [6.45, 7) is 3.64. The van der Waals surface area contributed by atoms with Crippen LogP contribution in [0.1, 0.15) is 37.4 Å². The second-order valence-corrected chi connectivity index (χ2v) is 8.36. The Balaban J connectivity index is 1.45. The fourth-order valence-corrected chi connectivity index (χ4v) is 4.06. The van der Waals surface area contributed by atoms with Gasteiger partial charge in [0.1, 0.15) is 6.04 Å². The van der Waals surface area contributed by atoms with Crippen molar-refractivity contribution >= 4 is 34.4 Å². The first kappa shape index (κ1) is 23.6. The number of aliphatic carboxylic acids is 1. The molecule has 1 aromatic heterocycles. The quantitative estimate of drug-likeness (QED) is 0.370. The zero-order chi connectivity index (χ0) is 24.9. The maximum absolute atomic E-state index is 12.8. The first-order valence-electron chi connectivity index (χ1n) is 11.2. The monoisotopic (exact) mass is 467 g/mol. The van der Waals surface area contributed by atoms with E-state index in [0.717, 1.165) is 22.0 Å². The van der Waals surface area contributed by atoms with Crippen LogP contribution in [0.15, 0.2) is 79.0 Å². The van der Waals surface area contributed by atoms with Crippen LogP contribution < -0.4 is 10.6 Å². The average Bonchev–Trinajstić information content (AvgIpc) is 2.84. The van der Waals surface area contributed by atoms with Gasteiger partial charge in [-0.1, -0.05) is 48.5 Å². The molecule has 0 aliphatic heterocycles. The smallest absolute Gasteiger partial charge is 0.326 e. The number of hydrogen-bond acceptors (Lipinski definition) is 4. The van der Waals surface area contributed by atoms with E-state index in [2.05, 4.69) is 15.6 Å². The molecule has 3 N–H and O–H groups in total. The number of hydrogen-bond donors (Lipinski definition) is 3. The second kappa shape index (κ2) is 10.2. The van der Waals surface area contributed by atoms with Crippen LogP contribution in [-0.2, 0) is 11.2 Å². The van der Waals surface area contributed by atoms with Crippen LogP contribution >= 0.6 is 0 Å². The Kier molecular flexibility index (Phi) is 6.87. The van der Waals surface area contributed by atoms with Gasteiger partial charge in [0.2, 0.25) is 0 Å². The Morgan fingerprint density at radius 3 is 2.23 bits per heavy atom. The zero-order valence-electron chi connectivity index (χ0n) is 19.4. The summed E-state index contributed by atoms with van der Waals surface area (Å²) in [7, 11) is 0. The summed E-state index contributed by atoms with van der Waals surface area (Å²) in [5, 5.41) is 15.9. The molecule has 4 rings (SSSR count). The van der Waals surface area contributed by atoms with Crippen LogP contribution in [0, 0.1) is 13.8 Å². The first-order chi connectivity index (χ1) is 16.8. The highest BCUT2D eigenvalue weighted by atomic mass is 16.4. The molecule has 1 atom stereocenters. The van der Waals surface area contributed by atoms with E-state index in [1.807, 2.05) is 56.3 Å². The Morgan fingerprint density at radius 1 is 0.857 bits per heavy atom. The van der Waals surface area contributed by atoms with Gasteiger partial charge in [0.05, 0.1) is 11.1 Å². The van der Waals surface area contributed by atoms with Crippen LogP contribution in [0.4, 0.5) is 5.69 Å². The van der Waals surface area contributed by atoms with Crippen molar-refractivity contribution < 1.29 is 19.5 Å². The number of anilines is 1. The molecule has 7 nitrogen and oxygen atoms in total. The van der Waals surface area contributed by atoms with E-state index in [-0.39, 0.29) is 12.3 Å². The van der Waals surface area contributed by atoms with Crippen molar-refractivity contribution in [1.82, 2.24) is 10.3 Å². The molecular weight excluding hydrogens is 442 g/mol. The lowest BCUT2D eigenvalue weighted by Crippen LogP contribution is -2.42. The maximum atomic E-state index is 12.8. The molecule has 2 amide bonds. The molecule has 0 fully saturated rings. The fourth-order valence-electron chi connectivity index (χ4n) is 4.06. The standard InChI is InChI=1S/C28H25N3O4/c1-17-6-5-7-18(2)25(17)27(33)31-24(28(34)35)16-19-10-12-20(13-11-19)30-26(32)22-14-15-29-23-9-4-3-8-21(22)23/h3-15,24H,16H2,1-2H3,(H,30,32)(H,31,33)(H,34,35). The SMILES string of the molecule is Cc1cccc(C)c1C(=O)NC(Cc1ccc(NC(=O)c2ccnc3ccccc23)cc1)C(=O)O. The first-order valence-corrected chi connectivity index (χ1v) is 11.2. The number of benzene rings is 3. The minimum atomic E-state index is -1.12. The molecule has 0 bridgehead atoms. The second-order valence-electron chi connectivity index (χ2n) is 8.36. The minimum absolute atomic E-state index is 0.106. The highest BCUT2D eigenvalue weighted by molar-refractivity contribution is 6.12. The van der Waals surface area contributed by atoms with Crippen molar-refractivity contribution in [2.24, 2.45) is 0 Å². The molecule has 1 unspecified atom stereocenters. The van der Waals surface area contributed by atoms with E-state index in [4.69, 9.17) is 0 Å². The summed E-state index contributed by atoms with van der Waals surface area (Å²) in [6, 6.07) is 20.4. The highest BCUT2D eigenvalue weighted by Crippen LogP contribution is 2.19. The Bertz CT molecular complexity index is 1390. The molecule has 0 spiro atoms. The summed E-state index contributed by atoms with van der Waals surface area (Å²) < 4.78 is 0. The van der Waals surface area contributed by atoms with Gasteiger partial charge in [-0.15, -0.1) is 0 Å². The molecule has 0 radical (unpaired) electrons. The third-order valence-corrected chi connectivity index (χ3v) is 5.86. The van der Waals surface area contributed by atoms with Crippen molar-refractivity contribution in [2.75, 3.05) is 5.32 Å². The van der Waals surface area contributed by atoms with Gasteiger partial charge in [0.25, 0.3) is 11.8 Å². The van der Waals surface area contributed by atoms with Crippen LogP contribution in [0.3, 0.4) is 0 Å². The van der Waals surface area contributed by atoms with Gasteiger partial charge in [-0.25, -0.2) is 4.79 Å². The molecule has 0 aliphatic carbocycles. The molecule has 176 valence electrons. The van der Waals surface area contributed by atoms with Crippen molar-refractivity contribution in [1.29, 1.82) is 0 Å². The van der Waals surface area contributed by atoms with Crippen LogP contribution in [0.2, 0.25) is 0 Å². The number of aryl methyl sites for hydroxylation is 2. The van der Waals surface area contributed by atoms with Gasteiger partial charge in [-0.3, -0.25) is 14.6 Å². The number of carboxylic acids is 1. The summed E-state index contributed by atoms with van der Waals surface area (Å²) in [4.78, 5) is 41.7. The van der Waals surface area contributed by atoms with Gasteiger partial charge in [0.15, 0.2) is 0 Å². The topological polar surface area (TPSA) is 108 Å². The number of fused-ring (bicyclic) bond motifs is 1. The van der Waals surface area contributed by atoms with E-state index in [1.54, 1.807) is 36.5 Å². The van der Waals surface area contributed by atoms with Crippen molar-refractivity contribution in [3.8, 4) is 0 Å². The number of aromatic nitrogens is 1. The number of carbonyl (C=O) groups is 3. The van der Waals surface area contributed by atoms with Gasteiger partial charge in [-0.2, -0.15) is 0 Å². The van der Waals surface area contributed by atoms with Crippen LogP contribution in [0.5, 0.6) is 0 Å². The molecule has 7 heteroatoms. The maximum Gasteiger partial charge on any atom is 0.326 e. The van der Waals surface area contributed by atoms with Crippen LogP contribution in [0.25, 0.3) is 10.9 Å².